The summed E-state index contributed by atoms with van der Waals surface area (Å²) in [5.74, 6) is -0.195. The Hall–Kier alpha value is -3.28. The van der Waals surface area contributed by atoms with Crippen molar-refractivity contribution in [3.05, 3.63) is 65.2 Å². The van der Waals surface area contributed by atoms with Gasteiger partial charge in [0.1, 0.15) is 5.76 Å². The minimum absolute atomic E-state index is 0.112. The molecule has 0 aliphatic carbocycles. The third-order valence-corrected chi connectivity index (χ3v) is 5.55. The maximum absolute atomic E-state index is 13.0. The summed E-state index contributed by atoms with van der Waals surface area (Å²) in [4.78, 5) is 27.5. The summed E-state index contributed by atoms with van der Waals surface area (Å²) in [6.45, 7) is 2.72. The van der Waals surface area contributed by atoms with Gasteiger partial charge in [0.2, 0.25) is 6.79 Å². The highest BCUT2D eigenvalue weighted by Crippen LogP contribution is 2.43. The zero-order chi connectivity index (χ0) is 21.1. The average Bonchev–Trinajstić information content (AvgIpc) is 3.34. The third-order valence-electron chi connectivity index (χ3n) is 5.55. The Bertz CT molecular complexity index is 982. The minimum Gasteiger partial charge on any atom is -0.507 e. The van der Waals surface area contributed by atoms with Crippen LogP contribution in [0, 0.1) is 0 Å². The van der Waals surface area contributed by atoms with E-state index < -0.39 is 17.7 Å². The molecule has 1 saturated heterocycles. The van der Waals surface area contributed by atoms with Gasteiger partial charge < -0.3 is 19.5 Å². The van der Waals surface area contributed by atoms with Crippen LogP contribution >= 0.6 is 0 Å². The van der Waals surface area contributed by atoms with E-state index in [4.69, 9.17) is 9.47 Å². The molecule has 0 unspecified atom stereocenters. The number of unbranched alkanes of at least 4 members (excludes halogenated alkanes) is 3. The van der Waals surface area contributed by atoms with Crippen molar-refractivity contribution in [3.8, 4) is 11.5 Å². The van der Waals surface area contributed by atoms with Gasteiger partial charge in [-0.25, -0.2) is 0 Å². The number of rotatable bonds is 7. The van der Waals surface area contributed by atoms with E-state index in [2.05, 4.69) is 6.92 Å². The first-order chi connectivity index (χ1) is 14.6. The van der Waals surface area contributed by atoms with Gasteiger partial charge in [0.25, 0.3) is 11.7 Å². The highest BCUT2D eigenvalue weighted by atomic mass is 16.7. The molecule has 0 bridgehead atoms. The van der Waals surface area contributed by atoms with Crippen LogP contribution in [0.25, 0.3) is 5.76 Å². The predicted molar refractivity (Wildman–Crippen MR) is 112 cm³/mol. The number of carbonyl (C=O) groups excluding carboxylic acids is 2. The second-order valence-corrected chi connectivity index (χ2v) is 7.53. The Morgan fingerprint density at radius 3 is 2.57 bits per heavy atom. The topological polar surface area (TPSA) is 76.1 Å². The lowest BCUT2D eigenvalue weighted by molar-refractivity contribution is -0.139. The summed E-state index contributed by atoms with van der Waals surface area (Å²) in [5, 5.41) is 11.0. The molecule has 0 aromatic heterocycles. The van der Waals surface area contributed by atoms with Crippen LogP contribution in [0.5, 0.6) is 11.5 Å². The van der Waals surface area contributed by atoms with Crippen molar-refractivity contribution in [1.82, 2.24) is 4.90 Å². The Labute approximate surface area is 175 Å². The second kappa shape index (κ2) is 8.61. The number of aliphatic hydroxyl groups is 1. The van der Waals surface area contributed by atoms with E-state index >= 15 is 0 Å². The smallest absolute Gasteiger partial charge is 0.295 e. The van der Waals surface area contributed by atoms with E-state index in [0.717, 1.165) is 25.7 Å². The van der Waals surface area contributed by atoms with Crippen LogP contribution in [0.4, 0.5) is 0 Å². The molecule has 2 aromatic rings. The van der Waals surface area contributed by atoms with E-state index in [1.54, 1.807) is 41.3 Å². The molecule has 30 heavy (non-hydrogen) atoms. The SMILES string of the molecule is CCCCCCN1C(=O)C(=O)C(=C(O)c2ccccc2)[C@@H]1c1ccc2c(c1)OCO2. The number of amides is 1. The maximum atomic E-state index is 13.0. The van der Waals surface area contributed by atoms with Crippen LogP contribution in [0.15, 0.2) is 54.1 Å². The van der Waals surface area contributed by atoms with Crippen molar-refractivity contribution >= 4 is 17.4 Å². The van der Waals surface area contributed by atoms with Crippen molar-refractivity contribution in [1.29, 1.82) is 0 Å². The monoisotopic (exact) mass is 407 g/mol. The molecule has 156 valence electrons. The van der Waals surface area contributed by atoms with Crippen LogP contribution < -0.4 is 9.47 Å². The summed E-state index contributed by atoms with van der Waals surface area (Å²) in [6.07, 6.45) is 3.93. The van der Waals surface area contributed by atoms with E-state index in [9.17, 15) is 14.7 Å². The highest BCUT2D eigenvalue weighted by Gasteiger charge is 2.46. The van der Waals surface area contributed by atoms with Crippen molar-refractivity contribution < 1.29 is 24.2 Å². The molecule has 2 aliphatic heterocycles. The lowest BCUT2D eigenvalue weighted by atomic mass is 9.95. The van der Waals surface area contributed by atoms with Gasteiger partial charge in [0.15, 0.2) is 11.5 Å². The Balaban J connectivity index is 1.77. The highest BCUT2D eigenvalue weighted by molar-refractivity contribution is 6.46. The van der Waals surface area contributed by atoms with Gasteiger partial charge in [-0.1, -0.05) is 62.6 Å². The number of benzene rings is 2. The summed E-state index contributed by atoms with van der Waals surface area (Å²) >= 11 is 0. The first-order valence-electron chi connectivity index (χ1n) is 10.3. The normalized spacial score (nSPS) is 19.5. The van der Waals surface area contributed by atoms with Crippen molar-refractivity contribution in [2.45, 2.75) is 38.6 Å². The van der Waals surface area contributed by atoms with Crippen LogP contribution in [-0.2, 0) is 9.59 Å². The van der Waals surface area contributed by atoms with Gasteiger partial charge in [0.05, 0.1) is 11.6 Å². The standard InChI is InChI=1S/C24H25NO5/c1-2-3-4-8-13-25-21(17-11-12-18-19(14-17)30-15-29-18)20(23(27)24(25)28)22(26)16-9-6-5-7-10-16/h5-7,9-12,14,21,26H,2-4,8,13,15H2,1H3/t21-/m0/s1. The molecule has 4 rings (SSSR count). The van der Waals surface area contributed by atoms with Gasteiger partial charge in [0, 0.05) is 12.1 Å². The molecule has 0 radical (unpaired) electrons. The third kappa shape index (κ3) is 3.65. The van der Waals surface area contributed by atoms with Crippen molar-refractivity contribution in [2.75, 3.05) is 13.3 Å². The van der Waals surface area contributed by atoms with Gasteiger partial charge in [-0.2, -0.15) is 0 Å². The zero-order valence-electron chi connectivity index (χ0n) is 17.0. The predicted octanol–water partition coefficient (Wildman–Crippen LogP) is 4.42. The fourth-order valence-corrected chi connectivity index (χ4v) is 4.00. The number of Topliss-reactive ketones (excluding diaryl/α,β-unsaturated/α-hetero) is 1. The molecular weight excluding hydrogens is 382 g/mol. The number of likely N-dealkylation sites (tertiary alicyclic amines) is 1. The number of nitrogens with zero attached hydrogens (tertiary/aromatic N) is 1. The molecule has 2 aliphatic rings. The quantitative estimate of drug-likeness (QED) is 0.318. The Kier molecular flexibility index (Phi) is 5.74. The molecular formula is C24H25NO5. The summed E-state index contributed by atoms with van der Waals surface area (Å²) < 4.78 is 10.9. The maximum Gasteiger partial charge on any atom is 0.295 e. The summed E-state index contributed by atoms with van der Waals surface area (Å²) in [6, 6.07) is 13.6. The lowest BCUT2D eigenvalue weighted by Gasteiger charge is -2.25. The largest absolute Gasteiger partial charge is 0.507 e. The molecule has 2 aromatic carbocycles. The van der Waals surface area contributed by atoms with Gasteiger partial charge >= 0.3 is 0 Å². The Morgan fingerprint density at radius 1 is 1.03 bits per heavy atom. The van der Waals surface area contributed by atoms with Crippen LogP contribution in [0.2, 0.25) is 0 Å². The van der Waals surface area contributed by atoms with Crippen LogP contribution in [0.3, 0.4) is 0 Å². The molecule has 2 heterocycles. The zero-order valence-corrected chi connectivity index (χ0v) is 17.0. The van der Waals surface area contributed by atoms with Gasteiger partial charge in [-0.3, -0.25) is 9.59 Å². The van der Waals surface area contributed by atoms with Gasteiger partial charge in [-0.05, 0) is 24.1 Å². The van der Waals surface area contributed by atoms with Gasteiger partial charge in [-0.15, -0.1) is 0 Å². The average molecular weight is 407 g/mol. The molecule has 6 nitrogen and oxygen atoms in total. The molecule has 0 spiro atoms. The number of aliphatic hydroxyl groups excluding tert-OH is 1. The molecule has 1 N–H and O–H groups in total. The Morgan fingerprint density at radius 2 is 1.80 bits per heavy atom. The fraction of sp³-hybridized carbons (Fsp3) is 0.333. The van der Waals surface area contributed by atoms with E-state index in [1.807, 2.05) is 12.1 Å². The molecule has 1 amide bonds. The summed E-state index contributed by atoms with van der Waals surface area (Å²) in [7, 11) is 0. The fourth-order valence-electron chi connectivity index (χ4n) is 4.00. The minimum atomic E-state index is -0.665. The molecule has 6 heteroatoms. The van der Waals surface area contributed by atoms with E-state index in [0.29, 0.717) is 29.2 Å². The molecule has 0 saturated carbocycles. The van der Waals surface area contributed by atoms with Crippen molar-refractivity contribution in [2.24, 2.45) is 0 Å². The number of hydrogen-bond donors (Lipinski definition) is 1. The first kappa shape index (κ1) is 20.0. The number of fused-ring (bicyclic) bond motifs is 1. The van der Waals surface area contributed by atoms with Crippen molar-refractivity contribution in [3.63, 3.8) is 0 Å². The second-order valence-electron chi connectivity index (χ2n) is 7.53. The van der Waals surface area contributed by atoms with E-state index in [1.165, 1.54) is 0 Å². The number of carbonyl (C=O) groups is 2. The molecule has 1 fully saturated rings. The first-order valence-corrected chi connectivity index (χ1v) is 10.3. The van der Waals surface area contributed by atoms with Crippen LogP contribution in [0.1, 0.15) is 49.8 Å². The summed E-state index contributed by atoms with van der Waals surface area (Å²) in [5.41, 5.74) is 1.33. The number of hydrogen-bond acceptors (Lipinski definition) is 5. The number of ether oxygens (including phenoxy) is 2. The van der Waals surface area contributed by atoms with Crippen LogP contribution in [-0.4, -0.2) is 35.0 Å². The van der Waals surface area contributed by atoms with E-state index in [-0.39, 0.29) is 18.1 Å². The number of ketones is 1. The lowest BCUT2D eigenvalue weighted by Crippen LogP contribution is -2.30. The molecule has 1 atom stereocenters.